The fourth-order valence-corrected chi connectivity index (χ4v) is 4.98. The average Bonchev–Trinajstić information content (AvgIpc) is 2.81. The van der Waals surface area contributed by atoms with E-state index in [1.165, 1.54) is 11.1 Å². The first-order valence-electron chi connectivity index (χ1n) is 8.18. The van der Waals surface area contributed by atoms with Crippen molar-refractivity contribution >= 4 is 21.2 Å². The fraction of sp³-hybridized carbons (Fsp3) is 0.444. The van der Waals surface area contributed by atoms with Crippen molar-refractivity contribution in [3.05, 3.63) is 41.5 Å². The maximum atomic E-state index is 10.9. The van der Waals surface area contributed by atoms with Crippen molar-refractivity contribution in [1.82, 2.24) is 0 Å². The van der Waals surface area contributed by atoms with E-state index in [9.17, 15) is 13.5 Å². The third-order valence-corrected chi connectivity index (χ3v) is 6.32. The van der Waals surface area contributed by atoms with E-state index >= 15 is 0 Å². The molecule has 2 aromatic rings. The van der Waals surface area contributed by atoms with Gasteiger partial charge >= 0.3 is 10.4 Å². The molecule has 6 heteroatoms. The van der Waals surface area contributed by atoms with Crippen LogP contribution >= 0.6 is 0 Å². The van der Waals surface area contributed by atoms with Crippen molar-refractivity contribution in [1.29, 1.82) is 0 Å². The van der Waals surface area contributed by atoms with E-state index < -0.39 is 10.4 Å². The zero-order chi connectivity index (χ0) is 17.1. The fourth-order valence-electron chi connectivity index (χ4n) is 4.63. The molecule has 0 spiro atoms. The molecule has 0 saturated heterocycles. The lowest BCUT2D eigenvalue weighted by atomic mass is 9.65. The maximum absolute atomic E-state index is 10.9. The van der Waals surface area contributed by atoms with Crippen LogP contribution in [-0.2, 0) is 16.8 Å². The Morgan fingerprint density at radius 1 is 1.21 bits per heavy atom. The molecule has 2 aromatic carbocycles. The Morgan fingerprint density at radius 3 is 2.75 bits per heavy atom. The number of benzene rings is 2. The minimum Gasteiger partial charge on any atom is -0.393 e. The highest BCUT2D eigenvalue weighted by Crippen LogP contribution is 2.56. The van der Waals surface area contributed by atoms with Gasteiger partial charge in [-0.05, 0) is 65.6 Å². The van der Waals surface area contributed by atoms with Crippen LogP contribution in [0.5, 0.6) is 5.75 Å². The second kappa shape index (κ2) is 5.18. The summed E-state index contributed by atoms with van der Waals surface area (Å²) in [5, 5.41) is 12.3. The highest BCUT2D eigenvalue weighted by molar-refractivity contribution is 7.81. The van der Waals surface area contributed by atoms with E-state index in [2.05, 4.69) is 17.2 Å². The van der Waals surface area contributed by atoms with Crippen LogP contribution in [0, 0.1) is 5.41 Å². The van der Waals surface area contributed by atoms with Crippen LogP contribution in [0.1, 0.15) is 43.2 Å². The lowest BCUT2D eigenvalue weighted by molar-refractivity contribution is 0.0459. The summed E-state index contributed by atoms with van der Waals surface area (Å²) in [5.41, 5.74) is 2.54. The van der Waals surface area contributed by atoms with Gasteiger partial charge in [0.1, 0.15) is 5.75 Å². The Bertz CT molecular complexity index is 920. The van der Waals surface area contributed by atoms with Gasteiger partial charge in [-0.3, -0.25) is 4.55 Å². The third kappa shape index (κ3) is 2.41. The molecule has 24 heavy (non-hydrogen) atoms. The standard InChI is InChI=1S/C18H20O5S/c1-18-9-8-14-13-5-3-12(23-24(20,21)22)10-11(13)2-4-15(14)16(18)6-7-17(18)19/h2-5,10,16-17,19H,6-9H2,1H3,(H,20,21,22)/t16-,17+,18-/m0/s1. The van der Waals surface area contributed by atoms with Crippen LogP contribution in [-0.4, -0.2) is 24.2 Å². The number of rotatable bonds is 2. The quantitative estimate of drug-likeness (QED) is 0.814. The second-order valence-electron chi connectivity index (χ2n) is 7.18. The predicted molar refractivity (Wildman–Crippen MR) is 90.5 cm³/mol. The van der Waals surface area contributed by atoms with Crippen molar-refractivity contribution < 1.29 is 22.3 Å². The van der Waals surface area contributed by atoms with Gasteiger partial charge in [0.25, 0.3) is 0 Å². The Morgan fingerprint density at radius 2 is 2.00 bits per heavy atom. The first-order chi connectivity index (χ1) is 11.3. The molecule has 1 fully saturated rings. The average molecular weight is 348 g/mol. The smallest absolute Gasteiger partial charge is 0.393 e. The largest absolute Gasteiger partial charge is 0.446 e. The number of aliphatic hydroxyl groups is 1. The number of hydrogen-bond donors (Lipinski definition) is 2. The second-order valence-corrected chi connectivity index (χ2v) is 8.20. The Labute approximate surface area is 141 Å². The van der Waals surface area contributed by atoms with Crippen molar-refractivity contribution in [3.8, 4) is 5.75 Å². The van der Waals surface area contributed by atoms with Crippen LogP contribution < -0.4 is 4.18 Å². The van der Waals surface area contributed by atoms with Crippen molar-refractivity contribution in [2.45, 2.75) is 44.6 Å². The van der Waals surface area contributed by atoms with Gasteiger partial charge in [0.15, 0.2) is 0 Å². The monoisotopic (exact) mass is 348 g/mol. The normalized spacial score (nSPS) is 29.3. The Balaban J connectivity index is 1.81. The highest BCUT2D eigenvalue weighted by Gasteiger charge is 2.49. The van der Waals surface area contributed by atoms with E-state index in [1.807, 2.05) is 12.1 Å². The Kier molecular flexibility index (Phi) is 3.43. The van der Waals surface area contributed by atoms with E-state index in [4.69, 9.17) is 4.55 Å². The summed E-state index contributed by atoms with van der Waals surface area (Å²) in [7, 11) is -4.52. The van der Waals surface area contributed by atoms with Gasteiger partial charge in [-0.1, -0.05) is 25.1 Å². The van der Waals surface area contributed by atoms with E-state index in [1.54, 1.807) is 12.1 Å². The molecule has 0 amide bonds. The van der Waals surface area contributed by atoms with Gasteiger partial charge in [-0.25, -0.2) is 0 Å². The summed E-state index contributed by atoms with van der Waals surface area (Å²) >= 11 is 0. The van der Waals surface area contributed by atoms with Gasteiger partial charge in [0.05, 0.1) is 6.10 Å². The van der Waals surface area contributed by atoms with E-state index in [0.717, 1.165) is 36.5 Å². The Hall–Kier alpha value is -1.63. The van der Waals surface area contributed by atoms with Gasteiger partial charge < -0.3 is 9.29 Å². The summed E-state index contributed by atoms with van der Waals surface area (Å²) in [6, 6.07) is 9.09. The highest BCUT2D eigenvalue weighted by atomic mass is 32.3. The molecular formula is C18H20O5S. The molecule has 0 aromatic heterocycles. The number of hydrogen-bond acceptors (Lipinski definition) is 4. The molecule has 128 valence electrons. The van der Waals surface area contributed by atoms with Crippen LogP contribution in [0.15, 0.2) is 30.3 Å². The van der Waals surface area contributed by atoms with Gasteiger partial charge in [-0.2, -0.15) is 8.42 Å². The summed E-state index contributed by atoms with van der Waals surface area (Å²) in [6.45, 7) is 2.19. The molecular weight excluding hydrogens is 328 g/mol. The first kappa shape index (κ1) is 15.9. The number of aliphatic hydroxyl groups excluding tert-OH is 1. The molecule has 5 nitrogen and oxygen atoms in total. The minimum absolute atomic E-state index is 0.0469. The molecule has 0 bridgehead atoms. The molecule has 2 N–H and O–H groups in total. The molecule has 0 aliphatic heterocycles. The molecule has 3 atom stereocenters. The number of fused-ring (bicyclic) bond motifs is 5. The number of aryl methyl sites for hydroxylation is 1. The summed E-state index contributed by atoms with van der Waals surface area (Å²) in [5.74, 6) is 0.469. The molecule has 4 rings (SSSR count). The zero-order valence-corrected chi connectivity index (χ0v) is 14.2. The SMILES string of the molecule is C[C@]12CCc3c(ccc4cc(OS(=O)(=O)O)ccc34)[C@@H]1CC[C@H]2O. The van der Waals surface area contributed by atoms with E-state index in [0.29, 0.717) is 5.92 Å². The summed E-state index contributed by atoms with van der Waals surface area (Å²) in [6.07, 6.45) is 3.46. The molecule has 1 saturated carbocycles. The molecule has 0 unspecified atom stereocenters. The molecule has 2 aliphatic carbocycles. The molecule has 0 heterocycles. The van der Waals surface area contributed by atoms with Crippen molar-refractivity contribution in [2.75, 3.05) is 0 Å². The van der Waals surface area contributed by atoms with Gasteiger partial charge in [-0.15, -0.1) is 0 Å². The van der Waals surface area contributed by atoms with Gasteiger partial charge in [0.2, 0.25) is 0 Å². The lowest BCUT2D eigenvalue weighted by Crippen LogP contribution is -2.35. The summed E-state index contributed by atoms with van der Waals surface area (Å²) in [4.78, 5) is 0. The summed E-state index contributed by atoms with van der Waals surface area (Å²) < 4.78 is 35.1. The van der Waals surface area contributed by atoms with Gasteiger partial charge in [0, 0.05) is 5.41 Å². The van der Waals surface area contributed by atoms with Crippen LogP contribution in [0.2, 0.25) is 0 Å². The zero-order valence-electron chi connectivity index (χ0n) is 13.4. The van der Waals surface area contributed by atoms with E-state index in [-0.39, 0.29) is 17.3 Å². The first-order valence-corrected chi connectivity index (χ1v) is 9.55. The lowest BCUT2D eigenvalue weighted by Gasteiger charge is -2.40. The van der Waals surface area contributed by atoms with Crippen molar-refractivity contribution in [2.24, 2.45) is 5.41 Å². The van der Waals surface area contributed by atoms with Crippen LogP contribution in [0.25, 0.3) is 10.8 Å². The van der Waals surface area contributed by atoms with Crippen LogP contribution in [0.3, 0.4) is 0 Å². The van der Waals surface area contributed by atoms with Crippen LogP contribution in [0.4, 0.5) is 0 Å². The maximum Gasteiger partial charge on any atom is 0.446 e. The minimum atomic E-state index is -4.52. The molecule has 0 radical (unpaired) electrons. The predicted octanol–water partition coefficient (Wildman–Crippen LogP) is 3.21. The van der Waals surface area contributed by atoms with Crippen molar-refractivity contribution in [3.63, 3.8) is 0 Å². The molecule has 2 aliphatic rings. The topological polar surface area (TPSA) is 83.8 Å². The third-order valence-electron chi connectivity index (χ3n) is 5.92.